The number of morpholine rings is 1. The Morgan fingerprint density at radius 1 is 1.36 bits per heavy atom. The van der Waals surface area contributed by atoms with Crippen LogP contribution in [0.1, 0.15) is 6.92 Å². The number of rotatable bonds is 3. The summed E-state index contributed by atoms with van der Waals surface area (Å²) in [6.45, 7) is 4.08. The molecule has 1 aliphatic rings. The van der Waals surface area contributed by atoms with E-state index in [1.54, 1.807) is 13.0 Å². The van der Waals surface area contributed by atoms with E-state index in [4.69, 9.17) is 9.15 Å². The monoisotopic (exact) mass is 396 g/mol. The van der Waals surface area contributed by atoms with Crippen LogP contribution in [0.15, 0.2) is 32.9 Å². The Bertz CT molecular complexity index is 1150. The van der Waals surface area contributed by atoms with E-state index >= 15 is 0 Å². The van der Waals surface area contributed by atoms with Crippen LogP contribution in [-0.4, -0.2) is 42.2 Å². The SMILES string of the molecule is CC#CC(=O)Nc1nccc(-c2csc3c(=O)cc(N4CCOCC4)oc23)n1. The molecule has 3 aromatic rings. The van der Waals surface area contributed by atoms with Gasteiger partial charge in [0.2, 0.25) is 11.4 Å². The Labute approximate surface area is 164 Å². The molecule has 1 fully saturated rings. The molecular weight excluding hydrogens is 380 g/mol. The van der Waals surface area contributed by atoms with Gasteiger partial charge in [0.1, 0.15) is 4.70 Å². The third-order valence-corrected chi connectivity index (χ3v) is 5.12. The summed E-state index contributed by atoms with van der Waals surface area (Å²) >= 11 is 1.30. The number of aromatic nitrogens is 2. The van der Waals surface area contributed by atoms with Gasteiger partial charge in [-0.15, -0.1) is 11.3 Å². The Morgan fingerprint density at radius 2 is 2.18 bits per heavy atom. The molecule has 9 heteroatoms. The zero-order valence-electron chi connectivity index (χ0n) is 15.0. The molecule has 0 atom stereocenters. The topological polar surface area (TPSA) is 97.6 Å². The molecule has 142 valence electrons. The van der Waals surface area contributed by atoms with Crippen molar-refractivity contribution in [3.05, 3.63) is 33.9 Å². The standard InChI is InChI=1S/C19H16N4O4S/c1-2-3-15(25)22-19-20-5-4-13(21-19)12-11-28-18-14(24)10-16(27-17(12)18)23-6-8-26-9-7-23/h4-5,10-11H,6-9H2,1H3,(H,20,21,22,25). The van der Waals surface area contributed by atoms with E-state index < -0.39 is 5.91 Å². The van der Waals surface area contributed by atoms with Crippen LogP contribution in [0.25, 0.3) is 21.5 Å². The quantitative estimate of drug-likeness (QED) is 0.677. The number of anilines is 2. The van der Waals surface area contributed by atoms with Crippen LogP contribution >= 0.6 is 11.3 Å². The molecule has 0 spiro atoms. The van der Waals surface area contributed by atoms with E-state index in [2.05, 4.69) is 27.1 Å². The summed E-state index contributed by atoms with van der Waals surface area (Å²) < 4.78 is 12.0. The van der Waals surface area contributed by atoms with E-state index in [-0.39, 0.29) is 11.4 Å². The molecule has 1 N–H and O–H groups in total. The minimum atomic E-state index is -0.490. The molecule has 1 saturated heterocycles. The average Bonchev–Trinajstić information content (AvgIpc) is 3.14. The van der Waals surface area contributed by atoms with Crippen LogP contribution in [0, 0.1) is 11.8 Å². The molecular formula is C19H16N4O4S. The second-order valence-corrected chi connectivity index (χ2v) is 6.83. The number of fused-ring (bicyclic) bond motifs is 1. The lowest BCUT2D eigenvalue weighted by molar-refractivity contribution is -0.111. The van der Waals surface area contributed by atoms with Crippen LogP contribution in [-0.2, 0) is 9.53 Å². The smallest absolute Gasteiger partial charge is 0.302 e. The maximum atomic E-state index is 12.6. The maximum Gasteiger partial charge on any atom is 0.302 e. The van der Waals surface area contributed by atoms with Gasteiger partial charge in [-0.05, 0) is 18.9 Å². The first kappa shape index (κ1) is 18.2. The lowest BCUT2D eigenvalue weighted by Gasteiger charge is -2.27. The largest absolute Gasteiger partial charge is 0.439 e. The highest BCUT2D eigenvalue weighted by molar-refractivity contribution is 7.17. The molecule has 3 aromatic heterocycles. The van der Waals surface area contributed by atoms with Crippen molar-refractivity contribution in [1.82, 2.24) is 9.97 Å². The third-order valence-electron chi connectivity index (χ3n) is 4.15. The van der Waals surface area contributed by atoms with Crippen molar-refractivity contribution in [3.63, 3.8) is 0 Å². The van der Waals surface area contributed by atoms with Gasteiger partial charge in [-0.3, -0.25) is 14.9 Å². The molecule has 1 amide bonds. The van der Waals surface area contributed by atoms with Crippen LogP contribution in [0.5, 0.6) is 0 Å². The normalized spacial score (nSPS) is 13.8. The number of hydrogen-bond acceptors (Lipinski definition) is 8. The minimum absolute atomic E-state index is 0.0974. The summed E-state index contributed by atoms with van der Waals surface area (Å²) in [5.41, 5.74) is 1.60. The lowest BCUT2D eigenvalue weighted by atomic mass is 10.2. The molecule has 8 nitrogen and oxygen atoms in total. The number of carbonyl (C=O) groups excluding carboxylic acids is 1. The summed E-state index contributed by atoms with van der Waals surface area (Å²) in [5, 5.41) is 4.34. The summed E-state index contributed by atoms with van der Waals surface area (Å²) in [6, 6.07) is 3.22. The van der Waals surface area contributed by atoms with Crippen LogP contribution in [0.2, 0.25) is 0 Å². The van der Waals surface area contributed by atoms with E-state index in [0.29, 0.717) is 53.7 Å². The number of hydrogen-bond donors (Lipinski definition) is 1. The third kappa shape index (κ3) is 3.60. The molecule has 0 unspecified atom stereocenters. The molecule has 4 heterocycles. The predicted octanol–water partition coefficient (Wildman–Crippen LogP) is 2.11. The number of carbonyl (C=O) groups is 1. The second-order valence-electron chi connectivity index (χ2n) is 5.95. The molecule has 4 rings (SSSR count). The van der Waals surface area contributed by atoms with Crippen molar-refractivity contribution >= 4 is 39.4 Å². The zero-order valence-corrected chi connectivity index (χ0v) is 15.8. The first-order valence-corrected chi connectivity index (χ1v) is 9.49. The average molecular weight is 396 g/mol. The Hall–Kier alpha value is -3.22. The van der Waals surface area contributed by atoms with Gasteiger partial charge < -0.3 is 14.1 Å². The Kier molecular flexibility index (Phi) is 5.06. The fraction of sp³-hybridized carbons (Fsp3) is 0.263. The number of nitrogens with one attached hydrogen (secondary N) is 1. The highest BCUT2D eigenvalue weighted by Crippen LogP contribution is 2.33. The van der Waals surface area contributed by atoms with Gasteiger partial charge >= 0.3 is 5.91 Å². The van der Waals surface area contributed by atoms with Gasteiger partial charge in [0.25, 0.3) is 0 Å². The highest BCUT2D eigenvalue weighted by Gasteiger charge is 2.19. The van der Waals surface area contributed by atoms with Gasteiger partial charge in [0.05, 0.1) is 24.5 Å². The van der Waals surface area contributed by atoms with Crippen LogP contribution in [0.4, 0.5) is 11.8 Å². The van der Waals surface area contributed by atoms with E-state index in [9.17, 15) is 9.59 Å². The van der Waals surface area contributed by atoms with Crippen molar-refractivity contribution in [2.45, 2.75) is 6.92 Å². The Balaban J connectivity index is 1.74. The van der Waals surface area contributed by atoms with Gasteiger partial charge in [-0.2, -0.15) is 0 Å². The van der Waals surface area contributed by atoms with E-state index in [0.717, 1.165) is 0 Å². The van der Waals surface area contributed by atoms with Crippen molar-refractivity contribution in [1.29, 1.82) is 0 Å². The fourth-order valence-corrected chi connectivity index (χ4v) is 3.76. The van der Waals surface area contributed by atoms with Crippen LogP contribution in [0.3, 0.4) is 0 Å². The Morgan fingerprint density at radius 3 is 2.96 bits per heavy atom. The molecule has 0 aromatic carbocycles. The van der Waals surface area contributed by atoms with Gasteiger partial charge in [-0.25, -0.2) is 9.97 Å². The minimum Gasteiger partial charge on any atom is -0.439 e. The van der Waals surface area contributed by atoms with Gasteiger partial charge in [0, 0.05) is 30.7 Å². The molecule has 28 heavy (non-hydrogen) atoms. The number of nitrogens with zero attached hydrogens (tertiary/aromatic N) is 3. The summed E-state index contributed by atoms with van der Waals surface area (Å²) in [5.74, 6) is 5.05. The van der Waals surface area contributed by atoms with E-state index in [1.165, 1.54) is 23.6 Å². The fourth-order valence-electron chi connectivity index (χ4n) is 2.86. The molecule has 0 radical (unpaired) electrons. The second kappa shape index (κ2) is 7.80. The number of ether oxygens (including phenoxy) is 1. The van der Waals surface area contributed by atoms with Crippen molar-refractivity contribution in [2.75, 3.05) is 36.5 Å². The summed E-state index contributed by atoms with van der Waals surface area (Å²) in [6.07, 6.45) is 1.53. The van der Waals surface area contributed by atoms with E-state index in [1.807, 2.05) is 10.3 Å². The van der Waals surface area contributed by atoms with Crippen molar-refractivity contribution in [2.24, 2.45) is 0 Å². The van der Waals surface area contributed by atoms with Gasteiger partial charge in [-0.1, -0.05) is 5.92 Å². The van der Waals surface area contributed by atoms with Crippen LogP contribution < -0.4 is 15.6 Å². The lowest BCUT2D eigenvalue weighted by Crippen LogP contribution is -2.36. The van der Waals surface area contributed by atoms with Gasteiger partial charge in [0.15, 0.2) is 11.5 Å². The molecule has 0 saturated carbocycles. The van der Waals surface area contributed by atoms with Crippen molar-refractivity contribution < 1.29 is 13.9 Å². The summed E-state index contributed by atoms with van der Waals surface area (Å²) in [4.78, 5) is 34.6. The highest BCUT2D eigenvalue weighted by atomic mass is 32.1. The predicted molar refractivity (Wildman–Crippen MR) is 106 cm³/mol. The zero-order chi connectivity index (χ0) is 19.5. The first-order chi connectivity index (χ1) is 13.7. The molecule has 0 bridgehead atoms. The van der Waals surface area contributed by atoms with Crippen molar-refractivity contribution in [3.8, 4) is 23.1 Å². The maximum absolute atomic E-state index is 12.6. The molecule has 0 aliphatic carbocycles. The number of amides is 1. The number of thiophene rings is 1. The first-order valence-electron chi connectivity index (χ1n) is 8.61. The summed E-state index contributed by atoms with van der Waals surface area (Å²) in [7, 11) is 0. The molecule has 1 aliphatic heterocycles.